The number of fused-ring (bicyclic) bond motifs is 1. The molecule has 1 aromatic heterocycles. The molecule has 3 rings (SSSR count). The fourth-order valence-corrected chi connectivity index (χ4v) is 4.80. The highest BCUT2D eigenvalue weighted by Gasteiger charge is 2.36. The Morgan fingerprint density at radius 1 is 1.38 bits per heavy atom. The van der Waals surface area contributed by atoms with Gasteiger partial charge in [0, 0.05) is 6.61 Å². The van der Waals surface area contributed by atoms with Gasteiger partial charge in [0.1, 0.15) is 15.9 Å². The van der Waals surface area contributed by atoms with E-state index in [1.807, 2.05) is 13.8 Å². The summed E-state index contributed by atoms with van der Waals surface area (Å²) in [5, 5.41) is 0. The van der Waals surface area contributed by atoms with Gasteiger partial charge in [0.15, 0.2) is 0 Å². The van der Waals surface area contributed by atoms with E-state index >= 15 is 0 Å². The summed E-state index contributed by atoms with van der Waals surface area (Å²) >= 11 is 0.937. The molecule has 1 aliphatic rings. The summed E-state index contributed by atoms with van der Waals surface area (Å²) < 4.78 is 41.2. The van der Waals surface area contributed by atoms with Gasteiger partial charge in [-0.05, 0) is 30.9 Å². The Labute approximate surface area is 144 Å². The smallest absolute Gasteiger partial charge is 0.266 e. The molecular formula is C15H19N3O4S2. The summed E-state index contributed by atoms with van der Waals surface area (Å²) in [6.45, 7) is 4.53. The normalized spacial score (nSPS) is 22.0. The van der Waals surface area contributed by atoms with Crippen LogP contribution in [0.1, 0.15) is 26.7 Å². The van der Waals surface area contributed by atoms with Crippen LogP contribution < -0.4 is 4.72 Å². The Hall–Kier alpha value is -1.58. The quantitative estimate of drug-likeness (QED) is 0.884. The number of aromatic nitrogens is 2. The topological polar surface area (TPSA) is 98.2 Å². The maximum absolute atomic E-state index is 12.6. The lowest BCUT2D eigenvalue weighted by molar-refractivity contribution is -0.135. The van der Waals surface area contributed by atoms with Gasteiger partial charge in [0.2, 0.25) is 5.91 Å². The van der Waals surface area contributed by atoms with Gasteiger partial charge in [-0.15, -0.1) is 0 Å². The maximum Gasteiger partial charge on any atom is 0.266 e. The summed E-state index contributed by atoms with van der Waals surface area (Å²) in [6, 6.07) is 4.70. The number of benzene rings is 1. The Morgan fingerprint density at radius 3 is 2.92 bits per heavy atom. The predicted octanol–water partition coefficient (Wildman–Crippen LogP) is 1.95. The highest BCUT2D eigenvalue weighted by Crippen LogP contribution is 2.27. The molecule has 0 bridgehead atoms. The minimum Gasteiger partial charge on any atom is -0.377 e. The number of carbonyl (C=O) groups excluding carboxylic acids is 1. The Balaban J connectivity index is 1.86. The second-order valence-electron chi connectivity index (χ2n) is 6.19. The van der Waals surface area contributed by atoms with Gasteiger partial charge in [-0.3, -0.25) is 4.79 Å². The second-order valence-corrected chi connectivity index (χ2v) is 8.37. The van der Waals surface area contributed by atoms with Gasteiger partial charge in [0.25, 0.3) is 10.0 Å². The van der Waals surface area contributed by atoms with Crippen LogP contribution >= 0.6 is 11.7 Å². The Kier molecular flexibility index (Phi) is 4.84. The van der Waals surface area contributed by atoms with E-state index in [2.05, 4.69) is 13.5 Å². The third-order valence-electron chi connectivity index (χ3n) is 4.13. The summed E-state index contributed by atoms with van der Waals surface area (Å²) in [5.41, 5.74) is 0.777. The van der Waals surface area contributed by atoms with Crippen molar-refractivity contribution < 1.29 is 17.9 Å². The number of nitrogens with one attached hydrogen (secondary N) is 1. The third kappa shape index (κ3) is 3.28. The van der Waals surface area contributed by atoms with Crippen LogP contribution in [0, 0.1) is 11.8 Å². The van der Waals surface area contributed by atoms with Crippen LogP contribution in [0.5, 0.6) is 0 Å². The number of hydrogen-bond donors (Lipinski definition) is 1. The number of sulfonamides is 1. The lowest BCUT2D eigenvalue weighted by Crippen LogP contribution is -2.45. The van der Waals surface area contributed by atoms with Crippen molar-refractivity contribution in [2.24, 2.45) is 11.8 Å². The van der Waals surface area contributed by atoms with Gasteiger partial charge in [-0.25, -0.2) is 13.1 Å². The van der Waals surface area contributed by atoms with E-state index in [1.165, 1.54) is 6.07 Å². The van der Waals surface area contributed by atoms with Gasteiger partial charge >= 0.3 is 0 Å². The number of amides is 1. The molecule has 0 saturated carbocycles. The Bertz CT molecular complexity index is 847. The fourth-order valence-electron chi connectivity index (χ4n) is 3.00. The average molecular weight is 369 g/mol. The van der Waals surface area contributed by atoms with Crippen LogP contribution in [0.15, 0.2) is 23.1 Å². The zero-order chi connectivity index (χ0) is 17.3. The maximum atomic E-state index is 12.6. The van der Waals surface area contributed by atoms with Crippen molar-refractivity contribution in [1.82, 2.24) is 13.5 Å². The summed E-state index contributed by atoms with van der Waals surface area (Å²) in [6.07, 6.45) is 1.09. The number of nitrogens with zero attached hydrogens (tertiary/aromatic N) is 2. The van der Waals surface area contributed by atoms with Gasteiger partial charge in [-0.1, -0.05) is 19.9 Å². The van der Waals surface area contributed by atoms with E-state index in [0.29, 0.717) is 18.5 Å². The first kappa shape index (κ1) is 17.2. The Morgan fingerprint density at radius 2 is 2.17 bits per heavy atom. The molecule has 1 saturated heterocycles. The second kappa shape index (κ2) is 6.73. The van der Waals surface area contributed by atoms with Crippen molar-refractivity contribution in [3.8, 4) is 0 Å². The van der Waals surface area contributed by atoms with Crippen molar-refractivity contribution in [1.29, 1.82) is 0 Å². The molecular weight excluding hydrogens is 350 g/mol. The number of ether oxygens (including phenoxy) is 1. The number of hydrogen-bond acceptors (Lipinski definition) is 7. The fraction of sp³-hybridized carbons (Fsp3) is 0.533. The van der Waals surface area contributed by atoms with E-state index < -0.39 is 21.8 Å². The SMILES string of the molecule is CC(C)[C@@H]1OCCC[C@@H]1C(=O)NS(=O)(=O)c1cccc2nsnc12. The molecule has 0 radical (unpaired) electrons. The largest absolute Gasteiger partial charge is 0.377 e. The van der Waals surface area contributed by atoms with E-state index in [9.17, 15) is 13.2 Å². The molecule has 1 amide bonds. The van der Waals surface area contributed by atoms with E-state index in [-0.39, 0.29) is 22.4 Å². The molecule has 1 fully saturated rings. The summed E-state index contributed by atoms with van der Waals surface area (Å²) in [7, 11) is -4.01. The first-order valence-corrected chi connectivity index (χ1v) is 10.0. The number of rotatable bonds is 4. The van der Waals surface area contributed by atoms with Crippen molar-refractivity contribution in [3.63, 3.8) is 0 Å². The minimum atomic E-state index is -4.01. The monoisotopic (exact) mass is 369 g/mol. The molecule has 1 aromatic carbocycles. The zero-order valence-electron chi connectivity index (χ0n) is 13.4. The molecule has 0 aliphatic carbocycles. The molecule has 0 unspecified atom stereocenters. The van der Waals surface area contributed by atoms with Gasteiger partial charge in [-0.2, -0.15) is 8.75 Å². The third-order valence-corrected chi connectivity index (χ3v) is 6.05. The molecule has 2 atom stereocenters. The van der Waals surface area contributed by atoms with Gasteiger partial charge in [0.05, 0.1) is 23.8 Å². The standard InChI is InChI=1S/C15H19N3O4S2/c1-9(2)14-10(5-4-8-22-14)15(19)18-24(20,21)12-7-3-6-11-13(12)17-23-16-11/h3,6-7,9-10,14H,4-5,8H2,1-2H3,(H,18,19)/t10-,14-/m0/s1. The first-order chi connectivity index (χ1) is 11.4. The molecule has 2 aromatic rings. The van der Waals surface area contributed by atoms with E-state index in [4.69, 9.17) is 4.74 Å². The van der Waals surface area contributed by atoms with Crippen LogP contribution in [0.3, 0.4) is 0 Å². The molecule has 0 spiro atoms. The van der Waals surface area contributed by atoms with Crippen LogP contribution in [-0.4, -0.2) is 35.8 Å². The number of carbonyl (C=O) groups is 1. The van der Waals surface area contributed by atoms with Crippen molar-refractivity contribution in [2.75, 3.05) is 6.61 Å². The van der Waals surface area contributed by atoms with E-state index in [1.54, 1.807) is 12.1 Å². The highest BCUT2D eigenvalue weighted by molar-refractivity contribution is 7.90. The molecule has 130 valence electrons. The minimum absolute atomic E-state index is 0.0278. The van der Waals surface area contributed by atoms with Crippen LogP contribution in [-0.2, 0) is 19.6 Å². The lowest BCUT2D eigenvalue weighted by Gasteiger charge is -2.33. The van der Waals surface area contributed by atoms with Gasteiger partial charge < -0.3 is 4.74 Å². The zero-order valence-corrected chi connectivity index (χ0v) is 15.1. The summed E-state index contributed by atoms with van der Waals surface area (Å²) in [5.74, 6) is -0.857. The average Bonchev–Trinajstić information content (AvgIpc) is 3.02. The van der Waals surface area contributed by atoms with Crippen LogP contribution in [0.4, 0.5) is 0 Å². The molecule has 1 N–H and O–H groups in total. The molecule has 7 nitrogen and oxygen atoms in total. The van der Waals surface area contributed by atoms with Crippen molar-refractivity contribution in [3.05, 3.63) is 18.2 Å². The summed E-state index contributed by atoms with van der Waals surface area (Å²) in [4.78, 5) is 12.5. The lowest BCUT2D eigenvalue weighted by atomic mass is 9.87. The van der Waals surface area contributed by atoms with E-state index in [0.717, 1.165) is 18.1 Å². The molecule has 9 heteroatoms. The molecule has 24 heavy (non-hydrogen) atoms. The van der Waals surface area contributed by atoms with Crippen molar-refractivity contribution in [2.45, 2.75) is 37.7 Å². The highest BCUT2D eigenvalue weighted by atomic mass is 32.2. The molecule has 2 heterocycles. The molecule has 1 aliphatic heterocycles. The first-order valence-electron chi connectivity index (χ1n) is 7.79. The van der Waals surface area contributed by atoms with Crippen LogP contribution in [0.2, 0.25) is 0 Å². The predicted molar refractivity (Wildman–Crippen MR) is 90.0 cm³/mol. The van der Waals surface area contributed by atoms with Crippen LogP contribution in [0.25, 0.3) is 11.0 Å². The van der Waals surface area contributed by atoms with Crippen molar-refractivity contribution >= 4 is 38.7 Å².